The Labute approximate surface area is 66.5 Å². The summed E-state index contributed by atoms with van der Waals surface area (Å²) in [6, 6.07) is -0.213. The molecule has 1 heterocycles. The molecule has 11 heavy (non-hydrogen) atoms. The molecule has 0 amide bonds. The minimum Gasteiger partial charge on any atom is -0.464 e. The van der Waals surface area contributed by atoms with Gasteiger partial charge in [0.2, 0.25) is 0 Å². The van der Waals surface area contributed by atoms with Crippen molar-refractivity contribution in [1.29, 1.82) is 0 Å². The lowest BCUT2D eigenvalue weighted by Gasteiger charge is -2.04. The largest absolute Gasteiger partial charge is 0.464 e. The minimum atomic E-state index is -0.213. The van der Waals surface area contributed by atoms with Gasteiger partial charge >= 0.3 is 5.97 Å². The van der Waals surface area contributed by atoms with Crippen LogP contribution in [0.5, 0.6) is 0 Å². The number of carbonyl (C=O) groups is 1. The van der Waals surface area contributed by atoms with E-state index in [1.807, 2.05) is 13.8 Å². The summed E-state index contributed by atoms with van der Waals surface area (Å²) in [7, 11) is 0. The molecule has 1 aliphatic rings. The SMILES string of the molecule is CCOC(=O)[C@H]1CCC(C)=N1. The molecule has 0 aromatic carbocycles. The molecule has 62 valence electrons. The first-order valence-corrected chi connectivity index (χ1v) is 3.94. The zero-order valence-corrected chi connectivity index (χ0v) is 6.96. The van der Waals surface area contributed by atoms with Gasteiger partial charge in [0, 0.05) is 5.71 Å². The van der Waals surface area contributed by atoms with Crippen molar-refractivity contribution in [3.8, 4) is 0 Å². The Morgan fingerprint density at radius 2 is 2.55 bits per heavy atom. The van der Waals surface area contributed by atoms with E-state index >= 15 is 0 Å². The van der Waals surface area contributed by atoms with Gasteiger partial charge in [-0.1, -0.05) is 0 Å². The molecule has 3 nitrogen and oxygen atoms in total. The van der Waals surface area contributed by atoms with Crippen LogP contribution in [-0.2, 0) is 9.53 Å². The number of hydrogen-bond acceptors (Lipinski definition) is 3. The van der Waals surface area contributed by atoms with E-state index in [9.17, 15) is 4.79 Å². The fourth-order valence-corrected chi connectivity index (χ4v) is 1.15. The molecule has 1 atom stereocenters. The quantitative estimate of drug-likeness (QED) is 0.561. The van der Waals surface area contributed by atoms with Gasteiger partial charge in [0.15, 0.2) is 0 Å². The number of nitrogens with zero attached hydrogens (tertiary/aromatic N) is 1. The zero-order valence-electron chi connectivity index (χ0n) is 6.96. The summed E-state index contributed by atoms with van der Waals surface area (Å²) in [4.78, 5) is 15.2. The third kappa shape index (κ3) is 2.03. The molecule has 0 fully saturated rings. The fourth-order valence-electron chi connectivity index (χ4n) is 1.15. The topological polar surface area (TPSA) is 38.7 Å². The first-order valence-electron chi connectivity index (χ1n) is 3.94. The Bertz CT molecular complexity index is 187. The summed E-state index contributed by atoms with van der Waals surface area (Å²) >= 11 is 0. The third-order valence-corrected chi connectivity index (χ3v) is 1.71. The molecule has 0 aromatic rings. The molecular weight excluding hydrogens is 142 g/mol. The molecule has 0 saturated carbocycles. The van der Waals surface area contributed by atoms with Crippen molar-refractivity contribution in [1.82, 2.24) is 0 Å². The molecule has 0 aromatic heterocycles. The van der Waals surface area contributed by atoms with Gasteiger partial charge in [0.05, 0.1) is 6.61 Å². The second-order valence-electron chi connectivity index (χ2n) is 2.67. The van der Waals surface area contributed by atoms with Crippen LogP contribution in [0.3, 0.4) is 0 Å². The first-order chi connectivity index (χ1) is 5.24. The van der Waals surface area contributed by atoms with Crippen LogP contribution in [0.4, 0.5) is 0 Å². The van der Waals surface area contributed by atoms with Crippen molar-refractivity contribution in [2.75, 3.05) is 6.61 Å². The van der Waals surface area contributed by atoms with Gasteiger partial charge in [0.25, 0.3) is 0 Å². The summed E-state index contributed by atoms with van der Waals surface area (Å²) in [5, 5.41) is 0. The summed E-state index contributed by atoms with van der Waals surface area (Å²) in [6.07, 6.45) is 1.76. The summed E-state index contributed by atoms with van der Waals surface area (Å²) in [5.41, 5.74) is 1.06. The van der Waals surface area contributed by atoms with E-state index in [4.69, 9.17) is 4.74 Å². The van der Waals surface area contributed by atoms with Crippen molar-refractivity contribution >= 4 is 11.7 Å². The fraction of sp³-hybridized carbons (Fsp3) is 0.750. The number of aliphatic imine (C=N–C) groups is 1. The molecule has 0 N–H and O–H groups in total. The van der Waals surface area contributed by atoms with Gasteiger partial charge in [-0.15, -0.1) is 0 Å². The monoisotopic (exact) mass is 155 g/mol. The van der Waals surface area contributed by atoms with Crippen LogP contribution in [0.25, 0.3) is 0 Å². The van der Waals surface area contributed by atoms with Gasteiger partial charge in [-0.05, 0) is 26.7 Å². The Balaban J connectivity index is 2.43. The molecule has 0 spiro atoms. The summed E-state index contributed by atoms with van der Waals surface area (Å²) in [5.74, 6) is -0.177. The molecule has 0 saturated heterocycles. The second kappa shape index (κ2) is 3.51. The molecule has 0 bridgehead atoms. The maximum Gasteiger partial charge on any atom is 0.330 e. The van der Waals surface area contributed by atoms with Crippen molar-refractivity contribution in [3.05, 3.63) is 0 Å². The number of ether oxygens (including phenoxy) is 1. The lowest BCUT2D eigenvalue weighted by Crippen LogP contribution is -2.18. The van der Waals surface area contributed by atoms with Gasteiger partial charge < -0.3 is 4.74 Å². The average Bonchev–Trinajstić information content (AvgIpc) is 2.36. The van der Waals surface area contributed by atoms with E-state index in [2.05, 4.69) is 4.99 Å². The van der Waals surface area contributed by atoms with E-state index in [0.717, 1.165) is 18.6 Å². The van der Waals surface area contributed by atoms with Crippen LogP contribution < -0.4 is 0 Å². The Hall–Kier alpha value is -0.860. The smallest absolute Gasteiger partial charge is 0.330 e. The van der Waals surface area contributed by atoms with Crippen LogP contribution in [0, 0.1) is 0 Å². The Kier molecular flexibility index (Phi) is 2.63. The van der Waals surface area contributed by atoms with E-state index in [1.54, 1.807) is 0 Å². The van der Waals surface area contributed by atoms with E-state index in [0.29, 0.717) is 6.61 Å². The average molecular weight is 155 g/mol. The van der Waals surface area contributed by atoms with E-state index in [1.165, 1.54) is 0 Å². The molecule has 0 radical (unpaired) electrons. The van der Waals surface area contributed by atoms with Crippen molar-refractivity contribution < 1.29 is 9.53 Å². The zero-order chi connectivity index (χ0) is 8.27. The standard InChI is InChI=1S/C8H13NO2/c1-3-11-8(10)7-5-4-6(2)9-7/h7H,3-5H2,1-2H3/t7-/m1/s1. The molecule has 0 aliphatic carbocycles. The normalized spacial score (nSPS) is 23.1. The van der Waals surface area contributed by atoms with Crippen LogP contribution in [-0.4, -0.2) is 24.3 Å². The van der Waals surface area contributed by atoms with Crippen molar-refractivity contribution in [2.24, 2.45) is 4.99 Å². The highest BCUT2D eigenvalue weighted by molar-refractivity contribution is 5.89. The molecule has 1 aliphatic heterocycles. The summed E-state index contributed by atoms with van der Waals surface area (Å²) in [6.45, 7) is 4.20. The van der Waals surface area contributed by atoms with E-state index in [-0.39, 0.29) is 12.0 Å². The Morgan fingerprint density at radius 1 is 1.82 bits per heavy atom. The van der Waals surface area contributed by atoms with Crippen LogP contribution >= 0.6 is 0 Å². The van der Waals surface area contributed by atoms with Crippen LogP contribution in [0.2, 0.25) is 0 Å². The summed E-state index contributed by atoms with van der Waals surface area (Å²) < 4.78 is 4.83. The highest BCUT2D eigenvalue weighted by atomic mass is 16.5. The number of hydrogen-bond donors (Lipinski definition) is 0. The predicted octanol–water partition coefficient (Wildman–Crippen LogP) is 1.17. The van der Waals surface area contributed by atoms with Crippen molar-refractivity contribution in [2.45, 2.75) is 32.7 Å². The minimum absolute atomic E-state index is 0.177. The lowest BCUT2D eigenvalue weighted by atomic mass is 10.2. The number of carbonyl (C=O) groups excluding carboxylic acids is 1. The molecular formula is C8H13NO2. The van der Waals surface area contributed by atoms with Crippen LogP contribution in [0.1, 0.15) is 26.7 Å². The molecule has 3 heteroatoms. The third-order valence-electron chi connectivity index (χ3n) is 1.71. The molecule has 0 unspecified atom stereocenters. The highest BCUT2D eigenvalue weighted by Crippen LogP contribution is 2.13. The van der Waals surface area contributed by atoms with Gasteiger partial charge in [-0.2, -0.15) is 0 Å². The lowest BCUT2D eigenvalue weighted by molar-refractivity contribution is -0.144. The number of rotatable bonds is 2. The van der Waals surface area contributed by atoms with E-state index < -0.39 is 0 Å². The maximum atomic E-state index is 11.1. The van der Waals surface area contributed by atoms with Gasteiger partial charge in [0.1, 0.15) is 6.04 Å². The predicted molar refractivity (Wildman–Crippen MR) is 42.8 cm³/mol. The maximum absolute atomic E-state index is 11.1. The van der Waals surface area contributed by atoms with Gasteiger partial charge in [-0.3, -0.25) is 4.99 Å². The van der Waals surface area contributed by atoms with Crippen LogP contribution in [0.15, 0.2) is 4.99 Å². The highest BCUT2D eigenvalue weighted by Gasteiger charge is 2.22. The van der Waals surface area contributed by atoms with Gasteiger partial charge in [-0.25, -0.2) is 4.79 Å². The Morgan fingerprint density at radius 3 is 3.00 bits per heavy atom. The first kappa shape index (κ1) is 8.24. The van der Waals surface area contributed by atoms with Crippen molar-refractivity contribution in [3.63, 3.8) is 0 Å². The molecule has 1 rings (SSSR count). The second-order valence-corrected chi connectivity index (χ2v) is 2.67. The number of esters is 1.